The van der Waals surface area contributed by atoms with Crippen LogP contribution in [0.15, 0.2) is 66.7 Å². The van der Waals surface area contributed by atoms with Gasteiger partial charge in [0.1, 0.15) is 5.75 Å². The van der Waals surface area contributed by atoms with Crippen LogP contribution in [0.3, 0.4) is 0 Å². The molecule has 2 aromatic heterocycles. The van der Waals surface area contributed by atoms with Gasteiger partial charge < -0.3 is 24.2 Å². The van der Waals surface area contributed by atoms with Gasteiger partial charge in [0.15, 0.2) is 16.0 Å². The highest BCUT2D eigenvalue weighted by molar-refractivity contribution is 7.22. The maximum atomic E-state index is 13.5. The first-order valence-corrected chi connectivity index (χ1v) is 20.3. The second-order valence-corrected chi connectivity index (χ2v) is 15.7. The lowest BCUT2D eigenvalue weighted by Gasteiger charge is -2.30. The van der Waals surface area contributed by atoms with Gasteiger partial charge in [0, 0.05) is 42.2 Å². The molecule has 7 rings (SSSR count). The van der Waals surface area contributed by atoms with Gasteiger partial charge in [-0.15, -0.1) is 11.3 Å². The van der Waals surface area contributed by atoms with E-state index in [0.717, 1.165) is 75.0 Å². The first kappa shape index (κ1) is 38.9. The standard InChI is InChI=1S/C42H43N5O7S2/c1-52-40(51)38-36(12-6-25-53-30-15-13-28(14-16-30)7-5-21-46-22-18-31(19-23-46)54-26-20-37(48)49)56-42(44-38)47-24-17-29-8-4-9-32(33(29)27-47)39(50)45-41-43-34-10-2-3-11-35(34)55-41/h2-4,8-11,13-16,31H,6,12,17-27H2,1H3,(H,48,49)(H,43,45,50). The van der Waals surface area contributed by atoms with Gasteiger partial charge in [-0.1, -0.05) is 47.4 Å². The number of benzene rings is 3. The summed E-state index contributed by atoms with van der Waals surface area (Å²) in [5.74, 6) is 5.72. The van der Waals surface area contributed by atoms with Crippen molar-refractivity contribution in [3.8, 4) is 17.6 Å². The van der Waals surface area contributed by atoms with Crippen LogP contribution in [0.5, 0.6) is 5.75 Å². The van der Waals surface area contributed by atoms with Crippen molar-refractivity contribution in [2.24, 2.45) is 0 Å². The van der Waals surface area contributed by atoms with Crippen LogP contribution in [-0.4, -0.2) is 90.4 Å². The number of likely N-dealkylation sites (tertiary alicyclic amines) is 1. The minimum absolute atomic E-state index is 0.0386. The molecule has 4 heterocycles. The fourth-order valence-electron chi connectivity index (χ4n) is 6.80. The summed E-state index contributed by atoms with van der Waals surface area (Å²) in [6, 6.07) is 21.4. The number of carbonyl (C=O) groups excluding carboxylic acids is 2. The Kier molecular flexibility index (Phi) is 12.9. The maximum absolute atomic E-state index is 13.5. The molecule has 12 nitrogen and oxygen atoms in total. The maximum Gasteiger partial charge on any atom is 0.357 e. The summed E-state index contributed by atoms with van der Waals surface area (Å²) in [5.41, 5.74) is 4.74. The number of piperidine rings is 1. The van der Waals surface area contributed by atoms with E-state index in [1.807, 2.05) is 60.7 Å². The molecule has 2 aliphatic rings. The van der Waals surface area contributed by atoms with E-state index < -0.39 is 11.9 Å². The predicted octanol–water partition coefficient (Wildman–Crippen LogP) is 6.67. The quantitative estimate of drug-likeness (QED) is 0.0707. The van der Waals surface area contributed by atoms with Crippen molar-refractivity contribution in [2.75, 3.05) is 56.7 Å². The number of methoxy groups -OCH3 is 1. The number of nitrogens with zero attached hydrogens (tertiary/aromatic N) is 4. The molecule has 0 atom stereocenters. The van der Waals surface area contributed by atoms with E-state index in [0.29, 0.717) is 55.5 Å². The molecule has 2 N–H and O–H groups in total. The Labute approximate surface area is 333 Å². The number of nitrogens with one attached hydrogen (secondary N) is 1. The number of ether oxygens (including phenoxy) is 3. The fraction of sp³-hybridized carbons (Fsp3) is 0.357. The molecule has 0 bridgehead atoms. The van der Waals surface area contributed by atoms with Gasteiger partial charge in [-0.25, -0.2) is 14.8 Å². The summed E-state index contributed by atoms with van der Waals surface area (Å²) >= 11 is 2.93. The van der Waals surface area contributed by atoms with Crippen molar-refractivity contribution >= 4 is 61.0 Å². The van der Waals surface area contributed by atoms with Gasteiger partial charge in [0.25, 0.3) is 5.91 Å². The Morgan fingerprint density at radius 2 is 1.79 bits per heavy atom. The number of hydrogen-bond acceptors (Lipinski definition) is 12. The second-order valence-electron chi connectivity index (χ2n) is 13.6. The SMILES string of the molecule is COC(=O)c1nc(N2CCc3cccc(C(=O)Nc4nc5ccccc5s4)c3C2)sc1CCCOc1ccc(C#CCN2CCC(OCCC(=O)O)CC2)cc1. The zero-order valence-corrected chi connectivity index (χ0v) is 32.8. The average Bonchev–Trinajstić information content (AvgIpc) is 3.84. The lowest BCUT2D eigenvalue weighted by molar-refractivity contribution is -0.138. The van der Waals surface area contributed by atoms with Crippen molar-refractivity contribution in [2.45, 2.75) is 51.2 Å². The smallest absolute Gasteiger partial charge is 0.357 e. The molecule has 0 saturated carbocycles. The Morgan fingerprint density at radius 1 is 0.964 bits per heavy atom. The van der Waals surface area contributed by atoms with Gasteiger partial charge in [0.05, 0.1) is 49.6 Å². The van der Waals surface area contributed by atoms with Crippen LogP contribution in [0.1, 0.15) is 68.1 Å². The van der Waals surface area contributed by atoms with Gasteiger partial charge in [-0.2, -0.15) is 0 Å². The highest BCUT2D eigenvalue weighted by atomic mass is 32.1. The van der Waals surface area contributed by atoms with Crippen LogP contribution in [0.2, 0.25) is 0 Å². The number of para-hydroxylation sites is 1. The summed E-state index contributed by atoms with van der Waals surface area (Å²) in [6.45, 7) is 4.34. The lowest BCUT2D eigenvalue weighted by atomic mass is 9.94. The zero-order chi connectivity index (χ0) is 38.9. The zero-order valence-electron chi connectivity index (χ0n) is 31.1. The minimum Gasteiger partial charge on any atom is -0.494 e. The minimum atomic E-state index is -0.836. The topological polar surface area (TPSA) is 143 Å². The Morgan fingerprint density at radius 3 is 2.57 bits per heavy atom. The molecule has 290 valence electrons. The monoisotopic (exact) mass is 793 g/mol. The van der Waals surface area contributed by atoms with Crippen molar-refractivity contribution in [1.29, 1.82) is 0 Å². The second kappa shape index (κ2) is 18.5. The summed E-state index contributed by atoms with van der Waals surface area (Å²) in [7, 11) is 1.36. The molecule has 14 heteroatoms. The van der Waals surface area contributed by atoms with Crippen LogP contribution in [0, 0.1) is 11.8 Å². The number of aryl methyl sites for hydroxylation is 1. The molecule has 1 amide bonds. The Bertz CT molecular complexity index is 2200. The lowest BCUT2D eigenvalue weighted by Crippen LogP contribution is -2.37. The number of carboxylic acid groups (broad SMARTS) is 1. The summed E-state index contributed by atoms with van der Waals surface area (Å²) in [5, 5.41) is 13.1. The number of hydrogen-bond donors (Lipinski definition) is 2. The number of aromatic nitrogens is 2. The molecule has 0 unspecified atom stereocenters. The number of carboxylic acids is 1. The van der Waals surface area contributed by atoms with Crippen molar-refractivity contribution in [1.82, 2.24) is 14.9 Å². The molecule has 1 saturated heterocycles. The highest BCUT2D eigenvalue weighted by Gasteiger charge is 2.27. The van der Waals surface area contributed by atoms with E-state index in [-0.39, 0.29) is 25.0 Å². The number of fused-ring (bicyclic) bond motifs is 2. The van der Waals surface area contributed by atoms with Crippen molar-refractivity contribution < 1.29 is 33.7 Å². The van der Waals surface area contributed by atoms with Crippen LogP contribution in [0.4, 0.5) is 10.3 Å². The van der Waals surface area contributed by atoms with Crippen LogP contribution < -0.4 is 15.0 Å². The highest BCUT2D eigenvalue weighted by Crippen LogP contribution is 2.34. The Hall–Kier alpha value is -5.33. The average molecular weight is 794 g/mol. The van der Waals surface area contributed by atoms with E-state index >= 15 is 0 Å². The third-order valence-electron chi connectivity index (χ3n) is 9.78. The molecule has 2 aliphatic heterocycles. The third kappa shape index (κ3) is 9.90. The molecule has 5 aromatic rings. The summed E-state index contributed by atoms with van der Waals surface area (Å²) < 4.78 is 17.8. The number of aliphatic carboxylic acids is 1. The third-order valence-corrected chi connectivity index (χ3v) is 11.9. The number of rotatable bonds is 14. The number of carbonyl (C=O) groups is 3. The van der Waals surface area contributed by atoms with E-state index in [1.165, 1.54) is 29.8 Å². The first-order chi connectivity index (χ1) is 27.3. The van der Waals surface area contributed by atoms with Gasteiger partial charge in [0.2, 0.25) is 0 Å². The molecular weight excluding hydrogens is 751 g/mol. The summed E-state index contributed by atoms with van der Waals surface area (Å²) in [6.07, 6.45) is 3.93. The largest absolute Gasteiger partial charge is 0.494 e. The van der Waals surface area contributed by atoms with E-state index in [4.69, 9.17) is 24.3 Å². The predicted molar refractivity (Wildman–Crippen MR) is 217 cm³/mol. The van der Waals surface area contributed by atoms with Crippen LogP contribution in [-0.2, 0) is 33.7 Å². The van der Waals surface area contributed by atoms with Gasteiger partial charge in [-0.3, -0.25) is 19.8 Å². The fourth-order valence-corrected chi connectivity index (χ4v) is 8.78. The Balaban J connectivity index is 0.905. The molecule has 0 aliphatic carbocycles. The first-order valence-electron chi connectivity index (χ1n) is 18.7. The molecule has 0 spiro atoms. The molecule has 0 radical (unpaired) electrons. The van der Waals surface area contributed by atoms with Crippen LogP contribution in [0.25, 0.3) is 10.2 Å². The van der Waals surface area contributed by atoms with Gasteiger partial charge >= 0.3 is 11.9 Å². The molecule has 56 heavy (non-hydrogen) atoms. The van der Waals surface area contributed by atoms with Crippen molar-refractivity contribution in [3.63, 3.8) is 0 Å². The van der Waals surface area contributed by atoms with Crippen LogP contribution >= 0.6 is 22.7 Å². The van der Waals surface area contributed by atoms with Gasteiger partial charge in [-0.05, 0) is 85.7 Å². The van der Waals surface area contributed by atoms with Crippen molar-refractivity contribution in [3.05, 3.63) is 99.6 Å². The number of thiazole rings is 2. The molecular formula is C42H43N5O7S2. The number of anilines is 2. The van der Waals surface area contributed by atoms with E-state index in [1.54, 1.807) is 0 Å². The number of esters is 1. The normalized spacial score (nSPS) is 14.5. The summed E-state index contributed by atoms with van der Waals surface area (Å²) in [4.78, 5) is 51.6. The molecule has 1 fully saturated rings. The van der Waals surface area contributed by atoms with E-state index in [2.05, 4.69) is 38.0 Å². The van der Waals surface area contributed by atoms with E-state index in [9.17, 15) is 14.4 Å². The molecule has 3 aromatic carbocycles. The number of amides is 1.